The molecule has 1 amide bonds. The Balaban J connectivity index is 1.65. The lowest BCUT2D eigenvalue weighted by Crippen LogP contribution is -2.34. The number of nitrogens with zero attached hydrogens (tertiary/aromatic N) is 4. The number of amides is 1. The summed E-state index contributed by atoms with van der Waals surface area (Å²) >= 11 is 0. The summed E-state index contributed by atoms with van der Waals surface area (Å²) in [7, 11) is 0. The normalized spacial score (nSPS) is 12.6. The molecule has 1 atom stereocenters. The number of rotatable bonds is 6. The minimum absolute atomic E-state index is 0.0440. The monoisotopic (exact) mass is 389 g/mol. The fourth-order valence-electron chi connectivity index (χ4n) is 2.81. The summed E-state index contributed by atoms with van der Waals surface area (Å²) in [5, 5.41) is 10.3. The molecule has 28 heavy (non-hydrogen) atoms. The zero-order valence-corrected chi connectivity index (χ0v) is 15.0. The van der Waals surface area contributed by atoms with Gasteiger partial charge in [-0.3, -0.25) is 9.78 Å². The summed E-state index contributed by atoms with van der Waals surface area (Å²) in [6, 6.07) is 8.79. The Hall–Kier alpha value is -3.23. The molecule has 0 aliphatic heterocycles. The Morgan fingerprint density at radius 3 is 2.71 bits per heavy atom. The summed E-state index contributed by atoms with van der Waals surface area (Å²) in [6.45, 7) is 1.70. The van der Waals surface area contributed by atoms with Crippen LogP contribution in [-0.2, 0) is 19.1 Å². The van der Waals surface area contributed by atoms with Crippen LogP contribution in [-0.4, -0.2) is 31.9 Å². The van der Waals surface area contributed by atoms with Gasteiger partial charge in [-0.1, -0.05) is 29.5 Å². The van der Waals surface area contributed by atoms with E-state index in [4.69, 9.17) is 0 Å². The summed E-state index contributed by atoms with van der Waals surface area (Å²) < 4.78 is 40.5. The van der Waals surface area contributed by atoms with Gasteiger partial charge in [0.1, 0.15) is 0 Å². The number of alkyl halides is 3. The Morgan fingerprint density at radius 2 is 2.00 bits per heavy atom. The predicted octanol–water partition coefficient (Wildman–Crippen LogP) is 3.10. The summed E-state index contributed by atoms with van der Waals surface area (Å²) in [4.78, 5) is 16.3. The SMILES string of the molecule is C[C@H](Cc1cccnc1)NC(=O)c1cn(Cc2ccccc2C(F)(F)F)nn1. The highest BCUT2D eigenvalue weighted by Gasteiger charge is 2.33. The van der Waals surface area contributed by atoms with Crippen molar-refractivity contribution >= 4 is 5.91 Å². The quantitative estimate of drug-likeness (QED) is 0.703. The van der Waals surface area contributed by atoms with Crippen LogP contribution in [0, 0.1) is 0 Å². The number of carbonyl (C=O) groups is 1. The van der Waals surface area contributed by atoms with Gasteiger partial charge in [0.15, 0.2) is 5.69 Å². The molecule has 0 fully saturated rings. The van der Waals surface area contributed by atoms with Crippen LogP contribution in [0.25, 0.3) is 0 Å². The van der Waals surface area contributed by atoms with Gasteiger partial charge in [-0.15, -0.1) is 5.10 Å². The van der Waals surface area contributed by atoms with Crippen LogP contribution in [0.15, 0.2) is 55.0 Å². The zero-order valence-electron chi connectivity index (χ0n) is 15.0. The van der Waals surface area contributed by atoms with E-state index in [9.17, 15) is 18.0 Å². The maximum Gasteiger partial charge on any atom is 0.416 e. The fraction of sp³-hybridized carbons (Fsp3) is 0.263. The predicted molar refractivity (Wildman–Crippen MR) is 95.4 cm³/mol. The molecule has 0 aliphatic carbocycles. The van der Waals surface area contributed by atoms with E-state index in [1.165, 1.54) is 29.1 Å². The molecule has 1 N–H and O–H groups in total. The Morgan fingerprint density at radius 1 is 1.21 bits per heavy atom. The zero-order chi connectivity index (χ0) is 20.1. The number of benzene rings is 1. The number of hydrogen-bond donors (Lipinski definition) is 1. The van der Waals surface area contributed by atoms with Gasteiger partial charge in [0, 0.05) is 18.4 Å². The molecule has 2 aromatic heterocycles. The van der Waals surface area contributed by atoms with Gasteiger partial charge in [0.05, 0.1) is 18.3 Å². The first kappa shape index (κ1) is 19.5. The van der Waals surface area contributed by atoms with Crippen molar-refractivity contribution in [2.45, 2.75) is 32.1 Å². The number of carbonyl (C=O) groups excluding carboxylic acids is 1. The molecule has 0 saturated carbocycles. The van der Waals surface area contributed by atoms with Gasteiger partial charge in [-0.05, 0) is 36.6 Å². The van der Waals surface area contributed by atoms with Gasteiger partial charge in [-0.25, -0.2) is 4.68 Å². The van der Waals surface area contributed by atoms with Crippen molar-refractivity contribution in [3.63, 3.8) is 0 Å². The minimum atomic E-state index is -4.46. The van der Waals surface area contributed by atoms with Crippen LogP contribution < -0.4 is 5.32 Å². The lowest BCUT2D eigenvalue weighted by Gasteiger charge is -2.12. The number of aromatic nitrogens is 4. The average molecular weight is 389 g/mol. The Bertz CT molecular complexity index is 940. The van der Waals surface area contributed by atoms with Crippen molar-refractivity contribution in [2.24, 2.45) is 0 Å². The molecule has 3 aromatic rings. The van der Waals surface area contributed by atoms with Crippen molar-refractivity contribution in [3.05, 3.63) is 77.4 Å². The highest BCUT2D eigenvalue weighted by Crippen LogP contribution is 2.32. The summed E-state index contributed by atoms with van der Waals surface area (Å²) in [5.41, 5.74) is 0.337. The minimum Gasteiger partial charge on any atom is -0.348 e. The van der Waals surface area contributed by atoms with Crippen molar-refractivity contribution in [1.82, 2.24) is 25.3 Å². The largest absolute Gasteiger partial charge is 0.416 e. The molecule has 146 valence electrons. The second-order valence-corrected chi connectivity index (χ2v) is 6.40. The second kappa shape index (κ2) is 8.20. The van der Waals surface area contributed by atoms with Gasteiger partial charge in [0.25, 0.3) is 5.91 Å². The Kier molecular flexibility index (Phi) is 5.72. The summed E-state index contributed by atoms with van der Waals surface area (Å²) in [5.74, 6) is -0.438. The molecule has 9 heteroatoms. The average Bonchev–Trinajstić information content (AvgIpc) is 3.11. The molecule has 0 radical (unpaired) electrons. The van der Waals surface area contributed by atoms with E-state index in [1.54, 1.807) is 12.4 Å². The molecule has 0 aliphatic rings. The molecular weight excluding hydrogens is 371 g/mol. The standard InChI is InChI=1S/C19H18F3N5O/c1-13(9-14-5-4-8-23-10-14)24-18(28)17-12-27(26-25-17)11-15-6-2-3-7-16(15)19(20,21)22/h2-8,10,12-13H,9,11H2,1H3,(H,24,28)/t13-/m1/s1. The van der Waals surface area contributed by atoms with Crippen LogP contribution in [0.4, 0.5) is 13.2 Å². The molecule has 0 spiro atoms. The van der Waals surface area contributed by atoms with Crippen LogP contribution in [0.1, 0.15) is 34.1 Å². The maximum atomic E-state index is 13.1. The molecule has 0 unspecified atom stereocenters. The van der Waals surface area contributed by atoms with E-state index in [0.717, 1.165) is 11.6 Å². The first-order valence-corrected chi connectivity index (χ1v) is 8.58. The van der Waals surface area contributed by atoms with E-state index < -0.39 is 17.6 Å². The van der Waals surface area contributed by atoms with Crippen LogP contribution in [0.2, 0.25) is 0 Å². The lowest BCUT2D eigenvalue weighted by atomic mass is 10.1. The molecule has 3 rings (SSSR count). The van der Waals surface area contributed by atoms with Crippen LogP contribution in [0.5, 0.6) is 0 Å². The van der Waals surface area contributed by atoms with E-state index >= 15 is 0 Å². The molecule has 2 heterocycles. The van der Waals surface area contributed by atoms with Crippen LogP contribution >= 0.6 is 0 Å². The van der Waals surface area contributed by atoms with E-state index in [0.29, 0.717) is 6.42 Å². The third-order valence-corrected chi connectivity index (χ3v) is 4.07. The highest BCUT2D eigenvalue weighted by molar-refractivity contribution is 5.92. The topological polar surface area (TPSA) is 72.7 Å². The van der Waals surface area contributed by atoms with Gasteiger partial charge in [-0.2, -0.15) is 13.2 Å². The second-order valence-electron chi connectivity index (χ2n) is 6.40. The lowest BCUT2D eigenvalue weighted by molar-refractivity contribution is -0.138. The molecule has 0 bridgehead atoms. The maximum absolute atomic E-state index is 13.1. The summed E-state index contributed by atoms with van der Waals surface area (Å²) in [6.07, 6.45) is 0.851. The van der Waals surface area contributed by atoms with Crippen molar-refractivity contribution < 1.29 is 18.0 Å². The number of halogens is 3. The molecule has 0 saturated heterocycles. The van der Waals surface area contributed by atoms with E-state index in [1.807, 2.05) is 19.1 Å². The number of hydrogen-bond acceptors (Lipinski definition) is 4. The smallest absolute Gasteiger partial charge is 0.348 e. The van der Waals surface area contributed by atoms with E-state index in [-0.39, 0.29) is 23.8 Å². The molecular formula is C19H18F3N5O. The number of pyridine rings is 1. The third-order valence-electron chi connectivity index (χ3n) is 4.07. The van der Waals surface area contributed by atoms with Gasteiger partial charge < -0.3 is 5.32 Å². The fourth-order valence-corrected chi connectivity index (χ4v) is 2.81. The van der Waals surface area contributed by atoms with Crippen LogP contribution in [0.3, 0.4) is 0 Å². The first-order chi connectivity index (χ1) is 13.3. The van der Waals surface area contributed by atoms with E-state index in [2.05, 4.69) is 20.6 Å². The Labute approximate surface area is 159 Å². The van der Waals surface area contributed by atoms with Crippen molar-refractivity contribution in [1.29, 1.82) is 0 Å². The third kappa shape index (κ3) is 4.93. The van der Waals surface area contributed by atoms with Crippen molar-refractivity contribution in [2.75, 3.05) is 0 Å². The highest BCUT2D eigenvalue weighted by atomic mass is 19.4. The first-order valence-electron chi connectivity index (χ1n) is 8.58. The number of nitrogens with one attached hydrogen (secondary N) is 1. The van der Waals surface area contributed by atoms with Crippen molar-refractivity contribution in [3.8, 4) is 0 Å². The van der Waals surface area contributed by atoms with Gasteiger partial charge in [0.2, 0.25) is 0 Å². The van der Waals surface area contributed by atoms with Gasteiger partial charge >= 0.3 is 6.18 Å². The molecule has 6 nitrogen and oxygen atoms in total. The molecule has 1 aromatic carbocycles.